The summed E-state index contributed by atoms with van der Waals surface area (Å²) in [6.07, 6.45) is 0. The minimum absolute atomic E-state index is 0.0723. The molecule has 2 rings (SSSR count). The molecule has 0 saturated heterocycles. The van der Waals surface area contributed by atoms with Crippen LogP contribution < -0.4 is 5.32 Å². The number of likely N-dealkylation sites (N-methyl/N-ethyl adjacent to an activating group) is 1. The maximum Gasteiger partial charge on any atom is 0.243 e. The van der Waals surface area contributed by atoms with Crippen molar-refractivity contribution in [2.75, 3.05) is 13.1 Å². The summed E-state index contributed by atoms with van der Waals surface area (Å²) in [6, 6.07) is 11.2. The van der Waals surface area contributed by atoms with Crippen LogP contribution in [0.15, 0.2) is 53.4 Å². The fourth-order valence-electron chi connectivity index (χ4n) is 2.40. The van der Waals surface area contributed by atoms with Gasteiger partial charge in [-0.15, -0.1) is 0 Å². The summed E-state index contributed by atoms with van der Waals surface area (Å²) in [7, 11) is -3.80. The molecule has 2 aromatic rings. The fraction of sp³-hybridized carbons (Fsp3) is 0.278. The number of carbonyl (C=O) groups excluding carboxylic acids is 1. The summed E-state index contributed by atoms with van der Waals surface area (Å²) in [6.45, 7) is 3.23. The molecule has 0 aliphatic heterocycles. The fourth-order valence-corrected chi connectivity index (χ4v) is 3.94. The molecule has 1 atom stereocenters. The van der Waals surface area contributed by atoms with E-state index in [1.807, 2.05) is 0 Å². The number of sulfonamides is 1. The van der Waals surface area contributed by atoms with Gasteiger partial charge < -0.3 is 5.32 Å². The van der Waals surface area contributed by atoms with Gasteiger partial charge in [0.05, 0.1) is 17.5 Å². The van der Waals surface area contributed by atoms with Crippen molar-refractivity contribution in [1.82, 2.24) is 9.62 Å². The van der Waals surface area contributed by atoms with E-state index in [2.05, 4.69) is 5.32 Å². The summed E-state index contributed by atoms with van der Waals surface area (Å²) < 4.78 is 39.4. The van der Waals surface area contributed by atoms with Gasteiger partial charge in [-0.05, 0) is 48.9 Å². The first-order chi connectivity index (χ1) is 12.2. The van der Waals surface area contributed by atoms with Crippen LogP contribution in [0.4, 0.5) is 4.39 Å². The lowest BCUT2D eigenvalue weighted by Gasteiger charge is -2.22. The maximum absolute atomic E-state index is 13.0. The molecule has 0 aliphatic rings. The third kappa shape index (κ3) is 5.03. The first-order valence-corrected chi connectivity index (χ1v) is 9.86. The molecule has 0 aliphatic carbocycles. The Labute approximate surface area is 157 Å². The predicted octanol–water partition coefficient (Wildman–Crippen LogP) is 3.37. The van der Waals surface area contributed by atoms with E-state index >= 15 is 0 Å². The van der Waals surface area contributed by atoms with Gasteiger partial charge in [0.15, 0.2) is 0 Å². The van der Waals surface area contributed by atoms with E-state index in [4.69, 9.17) is 11.6 Å². The van der Waals surface area contributed by atoms with Gasteiger partial charge in [-0.1, -0.05) is 30.7 Å². The quantitative estimate of drug-likeness (QED) is 0.777. The van der Waals surface area contributed by atoms with E-state index in [1.165, 1.54) is 36.4 Å². The Morgan fingerprint density at radius 2 is 1.73 bits per heavy atom. The molecule has 0 unspecified atom stereocenters. The van der Waals surface area contributed by atoms with Crippen LogP contribution in [0.1, 0.15) is 25.5 Å². The Hall–Kier alpha value is -1.96. The maximum atomic E-state index is 13.0. The molecule has 0 bridgehead atoms. The van der Waals surface area contributed by atoms with Crippen molar-refractivity contribution in [1.29, 1.82) is 0 Å². The van der Waals surface area contributed by atoms with Gasteiger partial charge in [-0.2, -0.15) is 4.31 Å². The van der Waals surface area contributed by atoms with Crippen molar-refractivity contribution in [2.24, 2.45) is 0 Å². The average molecular weight is 399 g/mol. The molecule has 0 heterocycles. The molecule has 0 saturated carbocycles. The van der Waals surface area contributed by atoms with Gasteiger partial charge in [-0.25, -0.2) is 12.8 Å². The highest BCUT2D eigenvalue weighted by Crippen LogP contribution is 2.18. The average Bonchev–Trinajstić information content (AvgIpc) is 2.60. The highest BCUT2D eigenvalue weighted by Gasteiger charge is 2.25. The number of hydrogen-bond acceptors (Lipinski definition) is 3. The van der Waals surface area contributed by atoms with Crippen molar-refractivity contribution >= 4 is 27.5 Å². The normalized spacial score (nSPS) is 12.8. The monoisotopic (exact) mass is 398 g/mol. The third-order valence-corrected chi connectivity index (χ3v) is 6.06. The smallest absolute Gasteiger partial charge is 0.243 e. The van der Waals surface area contributed by atoms with E-state index < -0.39 is 15.9 Å². The zero-order valence-electron chi connectivity index (χ0n) is 14.4. The molecule has 5 nitrogen and oxygen atoms in total. The second-order valence-electron chi connectivity index (χ2n) is 5.73. The second kappa shape index (κ2) is 8.62. The lowest BCUT2D eigenvalue weighted by molar-refractivity contribution is -0.121. The standard InChI is InChI=1S/C18H20ClFN2O3S/c1-3-22(26(24,25)17-10-6-15(19)7-11-17)12-18(23)21-13(2)14-4-8-16(20)9-5-14/h4-11,13H,3,12H2,1-2H3,(H,21,23)/t13-/m0/s1. The van der Waals surface area contributed by atoms with Crippen LogP contribution in [0, 0.1) is 5.82 Å². The molecule has 2 aromatic carbocycles. The molecule has 0 spiro atoms. The topological polar surface area (TPSA) is 66.5 Å². The number of rotatable bonds is 7. The first-order valence-electron chi connectivity index (χ1n) is 8.04. The molecule has 26 heavy (non-hydrogen) atoms. The molecule has 0 fully saturated rings. The van der Waals surface area contributed by atoms with Gasteiger partial charge in [0.2, 0.25) is 15.9 Å². The summed E-state index contributed by atoms with van der Waals surface area (Å²) in [5.41, 5.74) is 0.725. The van der Waals surface area contributed by atoms with E-state index in [9.17, 15) is 17.6 Å². The van der Waals surface area contributed by atoms with Gasteiger partial charge in [-0.3, -0.25) is 4.79 Å². The number of benzene rings is 2. The van der Waals surface area contributed by atoms with Crippen LogP contribution >= 0.6 is 11.6 Å². The number of hydrogen-bond donors (Lipinski definition) is 1. The number of halogens is 2. The molecular weight excluding hydrogens is 379 g/mol. The lowest BCUT2D eigenvalue weighted by atomic mass is 10.1. The third-order valence-electron chi connectivity index (χ3n) is 3.87. The summed E-state index contributed by atoms with van der Waals surface area (Å²) in [5.74, 6) is -0.806. The summed E-state index contributed by atoms with van der Waals surface area (Å²) >= 11 is 5.79. The lowest BCUT2D eigenvalue weighted by Crippen LogP contribution is -2.41. The molecule has 8 heteroatoms. The number of nitrogens with one attached hydrogen (secondary N) is 1. The van der Waals surface area contributed by atoms with E-state index in [0.29, 0.717) is 5.02 Å². The molecule has 0 radical (unpaired) electrons. The minimum atomic E-state index is -3.80. The molecule has 0 aromatic heterocycles. The van der Waals surface area contributed by atoms with E-state index in [1.54, 1.807) is 26.0 Å². The Balaban J connectivity index is 2.07. The van der Waals surface area contributed by atoms with Gasteiger partial charge >= 0.3 is 0 Å². The summed E-state index contributed by atoms with van der Waals surface area (Å²) in [5, 5.41) is 3.15. The van der Waals surface area contributed by atoms with Crippen molar-refractivity contribution in [2.45, 2.75) is 24.8 Å². The number of carbonyl (C=O) groups is 1. The van der Waals surface area contributed by atoms with Gasteiger partial charge in [0.25, 0.3) is 0 Å². The zero-order valence-corrected chi connectivity index (χ0v) is 16.0. The molecular formula is C18H20ClFN2O3S. The Morgan fingerprint density at radius 1 is 1.15 bits per heavy atom. The number of nitrogens with zero attached hydrogens (tertiary/aromatic N) is 1. The highest BCUT2D eigenvalue weighted by molar-refractivity contribution is 7.89. The molecule has 140 valence electrons. The first kappa shape index (κ1) is 20.4. The highest BCUT2D eigenvalue weighted by atomic mass is 35.5. The molecule has 1 N–H and O–H groups in total. The Morgan fingerprint density at radius 3 is 2.27 bits per heavy atom. The van der Waals surface area contributed by atoms with Crippen molar-refractivity contribution in [3.05, 3.63) is 64.9 Å². The van der Waals surface area contributed by atoms with E-state index in [0.717, 1.165) is 9.87 Å². The van der Waals surface area contributed by atoms with Crippen LogP contribution in [-0.2, 0) is 14.8 Å². The van der Waals surface area contributed by atoms with Gasteiger partial charge in [0, 0.05) is 11.6 Å². The molecule has 1 amide bonds. The Kier molecular flexibility index (Phi) is 6.75. The summed E-state index contributed by atoms with van der Waals surface area (Å²) in [4.78, 5) is 12.4. The predicted molar refractivity (Wildman–Crippen MR) is 98.8 cm³/mol. The van der Waals surface area contributed by atoms with Crippen LogP contribution in [0.5, 0.6) is 0 Å². The van der Waals surface area contributed by atoms with Crippen LogP contribution in [0.3, 0.4) is 0 Å². The Bertz CT molecular complexity index is 855. The van der Waals surface area contributed by atoms with Gasteiger partial charge in [0.1, 0.15) is 5.82 Å². The largest absolute Gasteiger partial charge is 0.348 e. The van der Waals surface area contributed by atoms with Crippen LogP contribution in [0.2, 0.25) is 5.02 Å². The number of amides is 1. The van der Waals surface area contributed by atoms with E-state index in [-0.39, 0.29) is 29.8 Å². The van der Waals surface area contributed by atoms with Crippen LogP contribution in [-0.4, -0.2) is 31.7 Å². The van der Waals surface area contributed by atoms with Crippen molar-refractivity contribution in [3.63, 3.8) is 0 Å². The van der Waals surface area contributed by atoms with Crippen LogP contribution in [0.25, 0.3) is 0 Å². The minimum Gasteiger partial charge on any atom is -0.348 e. The van der Waals surface area contributed by atoms with Crippen molar-refractivity contribution in [3.8, 4) is 0 Å². The second-order valence-corrected chi connectivity index (χ2v) is 8.10. The zero-order chi connectivity index (χ0) is 19.3. The SMILES string of the molecule is CCN(CC(=O)N[C@@H](C)c1ccc(F)cc1)S(=O)(=O)c1ccc(Cl)cc1. The van der Waals surface area contributed by atoms with Crippen molar-refractivity contribution < 1.29 is 17.6 Å².